The first-order valence-corrected chi connectivity index (χ1v) is 7.54. The van der Waals surface area contributed by atoms with Crippen LogP contribution in [0.15, 0.2) is 27.6 Å². The fourth-order valence-electron chi connectivity index (χ4n) is 2.17. The minimum atomic E-state index is 0. The van der Waals surface area contributed by atoms with Crippen LogP contribution in [0, 0.1) is 20.8 Å². The van der Waals surface area contributed by atoms with Crippen molar-refractivity contribution >= 4 is 29.9 Å². The highest BCUT2D eigenvalue weighted by atomic mass is 127. The van der Waals surface area contributed by atoms with E-state index in [1.54, 1.807) is 14.2 Å². The highest BCUT2D eigenvalue weighted by Crippen LogP contribution is 2.19. The SMILES string of the molecule is CN=C(NCc1nc(C)c(C)o1)NCc1ccc(C)cc1OC.I. The van der Waals surface area contributed by atoms with Gasteiger partial charge in [-0.15, -0.1) is 24.0 Å². The van der Waals surface area contributed by atoms with Crippen molar-refractivity contribution in [1.82, 2.24) is 15.6 Å². The molecule has 0 aliphatic rings. The molecule has 0 fully saturated rings. The molecule has 2 aromatic rings. The van der Waals surface area contributed by atoms with Crippen LogP contribution in [0.4, 0.5) is 0 Å². The van der Waals surface area contributed by atoms with Gasteiger partial charge in [0.05, 0.1) is 19.3 Å². The van der Waals surface area contributed by atoms with E-state index in [9.17, 15) is 0 Å². The first-order chi connectivity index (χ1) is 11.0. The lowest BCUT2D eigenvalue weighted by atomic mass is 10.1. The Kier molecular flexibility index (Phi) is 8.03. The molecular formula is C17H25IN4O2. The van der Waals surface area contributed by atoms with Gasteiger partial charge in [-0.3, -0.25) is 4.99 Å². The average Bonchev–Trinajstić information content (AvgIpc) is 2.86. The summed E-state index contributed by atoms with van der Waals surface area (Å²) in [6.45, 7) is 6.98. The lowest BCUT2D eigenvalue weighted by Gasteiger charge is -2.13. The number of rotatable bonds is 5. The smallest absolute Gasteiger partial charge is 0.214 e. The third-order valence-corrected chi connectivity index (χ3v) is 3.59. The number of hydrogen-bond donors (Lipinski definition) is 2. The molecule has 0 atom stereocenters. The molecule has 1 heterocycles. The van der Waals surface area contributed by atoms with E-state index in [-0.39, 0.29) is 24.0 Å². The first-order valence-electron chi connectivity index (χ1n) is 7.54. The van der Waals surface area contributed by atoms with Crippen LogP contribution in [0.1, 0.15) is 28.5 Å². The van der Waals surface area contributed by atoms with Crippen LogP contribution in [0.2, 0.25) is 0 Å². The van der Waals surface area contributed by atoms with Gasteiger partial charge < -0.3 is 19.8 Å². The number of benzene rings is 1. The summed E-state index contributed by atoms with van der Waals surface area (Å²) in [6.07, 6.45) is 0. The highest BCUT2D eigenvalue weighted by molar-refractivity contribution is 14.0. The number of aromatic nitrogens is 1. The van der Waals surface area contributed by atoms with Crippen molar-refractivity contribution in [3.8, 4) is 5.75 Å². The standard InChI is InChI=1S/C17H24N4O2.HI/c1-11-6-7-14(15(8-11)22-5)9-19-17(18-4)20-10-16-21-12(2)13(3)23-16;/h6-8H,9-10H2,1-5H3,(H2,18,19,20);1H. The molecule has 6 nitrogen and oxygen atoms in total. The van der Waals surface area contributed by atoms with Crippen molar-refractivity contribution in [3.63, 3.8) is 0 Å². The van der Waals surface area contributed by atoms with Crippen LogP contribution in [-0.4, -0.2) is 25.1 Å². The number of ether oxygens (including phenoxy) is 1. The maximum Gasteiger partial charge on any atom is 0.214 e. The predicted octanol–water partition coefficient (Wildman–Crippen LogP) is 3.09. The summed E-state index contributed by atoms with van der Waals surface area (Å²) in [4.78, 5) is 8.54. The van der Waals surface area contributed by atoms with Gasteiger partial charge in [-0.1, -0.05) is 12.1 Å². The lowest BCUT2D eigenvalue weighted by molar-refractivity contribution is 0.408. The van der Waals surface area contributed by atoms with Crippen LogP contribution < -0.4 is 15.4 Å². The van der Waals surface area contributed by atoms with Crippen LogP contribution in [-0.2, 0) is 13.1 Å². The summed E-state index contributed by atoms with van der Waals surface area (Å²) in [5.41, 5.74) is 3.15. The fourth-order valence-corrected chi connectivity index (χ4v) is 2.17. The number of methoxy groups -OCH3 is 1. The van der Waals surface area contributed by atoms with E-state index in [2.05, 4.69) is 32.7 Å². The van der Waals surface area contributed by atoms with E-state index in [1.807, 2.05) is 26.8 Å². The number of nitrogens with zero attached hydrogens (tertiary/aromatic N) is 2. The van der Waals surface area contributed by atoms with Crippen molar-refractivity contribution in [3.05, 3.63) is 46.7 Å². The molecule has 24 heavy (non-hydrogen) atoms. The summed E-state index contributed by atoms with van der Waals surface area (Å²) in [5.74, 6) is 3.04. The molecule has 0 aliphatic heterocycles. The summed E-state index contributed by atoms with van der Waals surface area (Å²) < 4.78 is 11.0. The normalized spacial score (nSPS) is 11.0. The first kappa shape index (κ1) is 20.3. The molecule has 0 saturated carbocycles. The predicted molar refractivity (Wildman–Crippen MR) is 106 cm³/mol. The molecule has 1 aromatic heterocycles. The van der Waals surface area contributed by atoms with Gasteiger partial charge in [0.15, 0.2) is 5.96 Å². The minimum Gasteiger partial charge on any atom is -0.496 e. The van der Waals surface area contributed by atoms with Crippen LogP contribution in [0.5, 0.6) is 5.75 Å². The van der Waals surface area contributed by atoms with E-state index in [4.69, 9.17) is 9.15 Å². The molecule has 0 saturated heterocycles. The molecule has 7 heteroatoms. The third-order valence-electron chi connectivity index (χ3n) is 3.59. The second-order valence-corrected chi connectivity index (χ2v) is 5.34. The topological polar surface area (TPSA) is 71.7 Å². The number of nitrogens with one attached hydrogen (secondary N) is 2. The third kappa shape index (κ3) is 5.40. The number of aliphatic imine (C=N–C) groups is 1. The second-order valence-electron chi connectivity index (χ2n) is 5.34. The molecule has 1 aromatic carbocycles. The van der Waals surface area contributed by atoms with E-state index >= 15 is 0 Å². The Bertz CT molecular complexity index is 678. The molecule has 0 unspecified atom stereocenters. The number of hydrogen-bond acceptors (Lipinski definition) is 4. The van der Waals surface area contributed by atoms with Crippen molar-refractivity contribution < 1.29 is 9.15 Å². The average molecular weight is 444 g/mol. The van der Waals surface area contributed by atoms with E-state index in [0.29, 0.717) is 24.9 Å². The number of halogens is 1. The second kappa shape index (κ2) is 9.51. The van der Waals surface area contributed by atoms with Gasteiger partial charge in [0, 0.05) is 19.2 Å². The Labute approximate surface area is 160 Å². The van der Waals surface area contributed by atoms with Crippen LogP contribution in [0.3, 0.4) is 0 Å². The molecule has 132 valence electrons. The molecular weight excluding hydrogens is 419 g/mol. The minimum absolute atomic E-state index is 0. The molecule has 2 N–H and O–H groups in total. The Morgan fingerprint density at radius 3 is 2.50 bits per heavy atom. The molecule has 0 radical (unpaired) electrons. The quantitative estimate of drug-likeness (QED) is 0.422. The Hall–Kier alpha value is -1.77. The molecule has 2 rings (SSSR count). The maximum atomic E-state index is 5.55. The van der Waals surface area contributed by atoms with Crippen LogP contribution in [0.25, 0.3) is 0 Å². The Morgan fingerprint density at radius 1 is 1.21 bits per heavy atom. The van der Waals surface area contributed by atoms with E-state index < -0.39 is 0 Å². The zero-order chi connectivity index (χ0) is 16.8. The highest BCUT2D eigenvalue weighted by Gasteiger charge is 2.08. The summed E-state index contributed by atoms with van der Waals surface area (Å²) in [7, 11) is 3.41. The van der Waals surface area contributed by atoms with Gasteiger partial charge in [0.2, 0.25) is 5.89 Å². The summed E-state index contributed by atoms with van der Waals surface area (Å²) in [6, 6.07) is 6.13. The largest absolute Gasteiger partial charge is 0.496 e. The number of guanidine groups is 1. The number of aryl methyl sites for hydroxylation is 3. The van der Waals surface area contributed by atoms with Gasteiger partial charge >= 0.3 is 0 Å². The van der Waals surface area contributed by atoms with Gasteiger partial charge in [0.1, 0.15) is 11.5 Å². The Morgan fingerprint density at radius 2 is 1.92 bits per heavy atom. The van der Waals surface area contributed by atoms with Gasteiger partial charge in [0.25, 0.3) is 0 Å². The van der Waals surface area contributed by atoms with E-state index in [0.717, 1.165) is 22.8 Å². The van der Waals surface area contributed by atoms with Crippen molar-refractivity contribution in [2.45, 2.75) is 33.9 Å². The maximum absolute atomic E-state index is 5.55. The molecule has 0 spiro atoms. The molecule has 0 bridgehead atoms. The summed E-state index contributed by atoms with van der Waals surface area (Å²) >= 11 is 0. The van der Waals surface area contributed by atoms with Gasteiger partial charge in [-0.25, -0.2) is 4.98 Å². The molecule has 0 aliphatic carbocycles. The van der Waals surface area contributed by atoms with Crippen molar-refractivity contribution in [2.75, 3.05) is 14.2 Å². The van der Waals surface area contributed by atoms with E-state index in [1.165, 1.54) is 5.56 Å². The molecule has 0 amide bonds. The van der Waals surface area contributed by atoms with Crippen LogP contribution >= 0.6 is 24.0 Å². The zero-order valence-electron chi connectivity index (χ0n) is 14.8. The Balaban J connectivity index is 0.00000288. The van der Waals surface area contributed by atoms with Crippen molar-refractivity contribution in [1.29, 1.82) is 0 Å². The fraction of sp³-hybridized carbons (Fsp3) is 0.412. The number of oxazole rings is 1. The monoisotopic (exact) mass is 444 g/mol. The van der Waals surface area contributed by atoms with Gasteiger partial charge in [-0.05, 0) is 32.4 Å². The lowest BCUT2D eigenvalue weighted by Crippen LogP contribution is -2.36. The zero-order valence-corrected chi connectivity index (χ0v) is 17.1. The summed E-state index contributed by atoms with van der Waals surface area (Å²) in [5, 5.41) is 6.45. The van der Waals surface area contributed by atoms with Crippen molar-refractivity contribution in [2.24, 2.45) is 4.99 Å². The van der Waals surface area contributed by atoms with Gasteiger partial charge in [-0.2, -0.15) is 0 Å².